The minimum absolute atomic E-state index is 0.0359. The summed E-state index contributed by atoms with van der Waals surface area (Å²) in [7, 11) is 0. The quantitative estimate of drug-likeness (QED) is 0.576. The normalized spacial score (nSPS) is 10.9. The fraction of sp³-hybridized carbons (Fsp3) is 0.111. The molecule has 6 nitrogen and oxygen atoms in total. The van der Waals surface area contributed by atoms with Crippen LogP contribution in [0.15, 0.2) is 54.2 Å². The first-order valence-corrected chi connectivity index (χ1v) is 8.75. The lowest BCUT2D eigenvalue weighted by Crippen LogP contribution is -2.12. The van der Waals surface area contributed by atoms with Crippen LogP contribution in [0.1, 0.15) is 12.1 Å². The maximum atomic E-state index is 12.2. The lowest BCUT2D eigenvalue weighted by Gasteiger charge is -2.04. The smallest absolute Gasteiger partial charge is 0.224 e. The van der Waals surface area contributed by atoms with Gasteiger partial charge in [-0.3, -0.25) is 14.9 Å². The molecular formula is C18H15N5OS. The molecule has 4 aromatic rings. The molecule has 3 heterocycles. The summed E-state index contributed by atoms with van der Waals surface area (Å²) < 4.78 is 0. The number of pyridine rings is 1. The van der Waals surface area contributed by atoms with Crippen molar-refractivity contribution in [1.29, 1.82) is 0 Å². The van der Waals surface area contributed by atoms with Crippen molar-refractivity contribution in [3.05, 3.63) is 59.9 Å². The molecule has 124 valence electrons. The molecule has 0 radical (unpaired) electrons. The van der Waals surface area contributed by atoms with Gasteiger partial charge in [-0.15, -0.1) is 11.3 Å². The van der Waals surface area contributed by atoms with Gasteiger partial charge in [0.05, 0.1) is 23.1 Å². The highest BCUT2D eigenvalue weighted by Crippen LogP contribution is 2.22. The van der Waals surface area contributed by atoms with Gasteiger partial charge in [0.2, 0.25) is 5.91 Å². The first-order chi connectivity index (χ1) is 12.3. The number of hydrogen-bond acceptors (Lipinski definition) is 5. The molecule has 25 heavy (non-hydrogen) atoms. The van der Waals surface area contributed by atoms with E-state index in [2.05, 4.69) is 25.5 Å². The Labute approximate surface area is 148 Å². The van der Waals surface area contributed by atoms with Gasteiger partial charge in [0.1, 0.15) is 5.01 Å². The highest BCUT2D eigenvalue weighted by atomic mass is 32.1. The zero-order valence-electron chi connectivity index (χ0n) is 13.3. The summed E-state index contributed by atoms with van der Waals surface area (Å²) in [5.41, 5.74) is 3.42. The molecule has 7 heteroatoms. The molecule has 0 saturated carbocycles. The van der Waals surface area contributed by atoms with Crippen molar-refractivity contribution in [2.45, 2.75) is 12.8 Å². The van der Waals surface area contributed by atoms with Gasteiger partial charge in [-0.2, -0.15) is 5.10 Å². The molecule has 0 spiro atoms. The number of carbonyl (C=O) groups is 1. The third kappa shape index (κ3) is 3.56. The van der Waals surface area contributed by atoms with Crippen molar-refractivity contribution in [2.24, 2.45) is 0 Å². The number of thiazole rings is 1. The van der Waals surface area contributed by atoms with Crippen LogP contribution < -0.4 is 5.32 Å². The van der Waals surface area contributed by atoms with Crippen molar-refractivity contribution in [1.82, 2.24) is 20.2 Å². The van der Waals surface area contributed by atoms with E-state index >= 15 is 0 Å². The zero-order chi connectivity index (χ0) is 17.1. The molecular weight excluding hydrogens is 334 g/mol. The summed E-state index contributed by atoms with van der Waals surface area (Å²) in [6.07, 6.45) is 4.48. The van der Waals surface area contributed by atoms with E-state index < -0.39 is 0 Å². The van der Waals surface area contributed by atoms with E-state index in [0.29, 0.717) is 12.8 Å². The number of anilines is 1. The molecule has 0 aliphatic carbocycles. The summed E-state index contributed by atoms with van der Waals surface area (Å²) in [5.74, 6) is -0.0359. The standard InChI is InChI=1S/C18H15N5OS/c24-17(21-13-5-4-12-10-20-23-16(12)9-13)7-6-14-11-25-18(22-14)15-3-1-2-8-19-15/h1-5,8-11H,6-7H2,(H,20,23)(H,21,24). The number of hydrogen-bond donors (Lipinski definition) is 2. The molecule has 0 aliphatic heterocycles. The number of aromatic nitrogens is 4. The first kappa shape index (κ1) is 15.5. The predicted molar refractivity (Wildman–Crippen MR) is 98.4 cm³/mol. The maximum absolute atomic E-state index is 12.2. The lowest BCUT2D eigenvalue weighted by atomic mass is 10.2. The molecule has 0 atom stereocenters. The molecule has 3 aromatic heterocycles. The summed E-state index contributed by atoms with van der Waals surface area (Å²) in [6.45, 7) is 0. The Morgan fingerprint density at radius 1 is 1.24 bits per heavy atom. The van der Waals surface area contributed by atoms with Crippen molar-refractivity contribution >= 4 is 33.8 Å². The molecule has 0 fully saturated rings. The predicted octanol–water partition coefficient (Wildman–Crippen LogP) is 3.65. The molecule has 1 aromatic carbocycles. The Morgan fingerprint density at radius 3 is 3.08 bits per heavy atom. The van der Waals surface area contributed by atoms with E-state index in [1.165, 1.54) is 0 Å². The summed E-state index contributed by atoms with van der Waals surface area (Å²) in [4.78, 5) is 21.0. The number of rotatable bonds is 5. The fourth-order valence-corrected chi connectivity index (χ4v) is 3.34. The number of carbonyl (C=O) groups excluding carboxylic acids is 1. The number of H-pyrrole nitrogens is 1. The highest BCUT2D eigenvalue weighted by Gasteiger charge is 2.09. The lowest BCUT2D eigenvalue weighted by molar-refractivity contribution is -0.116. The van der Waals surface area contributed by atoms with E-state index in [-0.39, 0.29) is 5.91 Å². The van der Waals surface area contributed by atoms with Crippen molar-refractivity contribution in [3.8, 4) is 10.7 Å². The Bertz CT molecular complexity index is 1010. The maximum Gasteiger partial charge on any atom is 0.224 e. The Balaban J connectivity index is 1.36. The van der Waals surface area contributed by atoms with Gasteiger partial charge in [-0.05, 0) is 36.8 Å². The summed E-state index contributed by atoms with van der Waals surface area (Å²) >= 11 is 1.54. The SMILES string of the molecule is O=C(CCc1csc(-c2ccccn2)n1)Nc1ccc2cn[nH]c2c1. The van der Waals surface area contributed by atoms with Gasteiger partial charge in [0.25, 0.3) is 0 Å². The van der Waals surface area contributed by atoms with Crippen LogP contribution in [0.5, 0.6) is 0 Å². The van der Waals surface area contributed by atoms with Crippen molar-refractivity contribution in [2.75, 3.05) is 5.32 Å². The van der Waals surface area contributed by atoms with Gasteiger partial charge in [0, 0.05) is 29.1 Å². The van der Waals surface area contributed by atoms with Crippen LogP contribution in [0.25, 0.3) is 21.6 Å². The molecule has 4 rings (SSSR count). The van der Waals surface area contributed by atoms with E-state index in [9.17, 15) is 4.79 Å². The molecule has 0 aliphatic rings. The number of fused-ring (bicyclic) bond motifs is 1. The van der Waals surface area contributed by atoms with Gasteiger partial charge < -0.3 is 5.32 Å². The minimum atomic E-state index is -0.0359. The number of nitrogens with one attached hydrogen (secondary N) is 2. The van der Waals surface area contributed by atoms with Gasteiger partial charge in [-0.25, -0.2) is 4.98 Å². The van der Waals surface area contributed by atoms with Crippen LogP contribution in [0.2, 0.25) is 0 Å². The van der Waals surface area contributed by atoms with Crippen molar-refractivity contribution in [3.63, 3.8) is 0 Å². The summed E-state index contributed by atoms with van der Waals surface area (Å²) in [5, 5.41) is 13.6. The number of nitrogens with zero attached hydrogens (tertiary/aromatic N) is 3. The van der Waals surface area contributed by atoms with Gasteiger partial charge >= 0.3 is 0 Å². The average Bonchev–Trinajstić information content (AvgIpc) is 3.30. The van der Waals surface area contributed by atoms with E-state index in [1.807, 2.05) is 41.8 Å². The van der Waals surface area contributed by atoms with E-state index in [0.717, 1.165) is 33.0 Å². The van der Waals surface area contributed by atoms with Crippen molar-refractivity contribution < 1.29 is 4.79 Å². The van der Waals surface area contributed by atoms with Crippen LogP contribution in [0.3, 0.4) is 0 Å². The monoisotopic (exact) mass is 349 g/mol. The van der Waals surface area contributed by atoms with Crippen LogP contribution >= 0.6 is 11.3 Å². The number of amides is 1. The summed E-state index contributed by atoms with van der Waals surface area (Å²) in [6, 6.07) is 11.4. The Kier molecular flexibility index (Phi) is 4.22. The molecule has 0 unspecified atom stereocenters. The topological polar surface area (TPSA) is 83.6 Å². The van der Waals surface area contributed by atoms with Crippen LogP contribution in [-0.2, 0) is 11.2 Å². The average molecular weight is 349 g/mol. The van der Waals surface area contributed by atoms with Gasteiger partial charge in [-0.1, -0.05) is 6.07 Å². The number of aromatic amines is 1. The second-order valence-electron chi connectivity index (χ2n) is 5.58. The third-order valence-electron chi connectivity index (χ3n) is 3.77. The Hall–Kier alpha value is -3.06. The molecule has 0 saturated heterocycles. The van der Waals surface area contributed by atoms with Crippen LogP contribution in [0.4, 0.5) is 5.69 Å². The second-order valence-corrected chi connectivity index (χ2v) is 6.44. The largest absolute Gasteiger partial charge is 0.326 e. The molecule has 2 N–H and O–H groups in total. The molecule has 1 amide bonds. The van der Waals surface area contributed by atoms with Crippen LogP contribution in [-0.4, -0.2) is 26.1 Å². The second kappa shape index (κ2) is 6.82. The number of benzene rings is 1. The Morgan fingerprint density at radius 2 is 2.20 bits per heavy atom. The number of aryl methyl sites for hydroxylation is 1. The minimum Gasteiger partial charge on any atom is -0.326 e. The fourth-order valence-electron chi connectivity index (χ4n) is 2.51. The van der Waals surface area contributed by atoms with Gasteiger partial charge in [0.15, 0.2) is 0 Å². The highest BCUT2D eigenvalue weighted by molar-refractivity contribution is 7.13. The zero-order valence-corrected chi connectivity index (χ0v) is 14.1. The third-order valence-corrected chi connectivity index (χ3v) is 4.68. The molecule has 0 bridgehead atoms. The van der Waals surface area contributed by atoms with E-state index in [4.69, 9.17) is 0 Å². The first-order valence-electron chi connectivity index (χ1n) is 7.87. The van der Waals surface area contributed by atoms with Crippen LogP contribution in [0, 0.1) is 0 Å². The van der Waals surface area contributed by atoms with E-state index in [1.54, 1.807) is 23.7 Å².